The van der Waals surface area contributed by atoms with Crippen molar-refractivity contribution in [1.29, 1.82) is 0 Å². The summed E-state index contributed by atoms with van der Waals surface area (Å²) < 4.78 is 10.2. The standard InChI is InChI=1S/C21H22N4O4/c1-28-12-19-23-17-8-3-14(10-18(17)24-19)22-21(27)13-9-20(26)25(11-13)15-4-6-16(29-2)7-5-15/h3-8,10,13H,9,11-12H2,1-2H3,(H,22,27)(H,23,24)/t13-/m0/s1. The molecule has 0 bridgehead atoms. The van der Waals surface area contributed by atoms with Crippen LogP contribution < -0.4 is 15.0 Å². The maximum absolute atomic E-state index is 12.7. The SMILES string of the molecule is COCc1nc2ccc(NC(=O)[C@H]3CC(=O)N(c4ccc(OC)cc4)C3)cc2[nH]1. The van der Waals surface area contributed by atoms with E-state index in [0.717, 1.165) is 28.3 Å². The fraction of sp³-hybridized carbons (Fsp3) is 0.286. The number of H-pyrrole nitrogens is 1. The number of imidazole rings is 1. The number of hydrogen-bond acceptors (Lipinski definition) is 5. The summed E-state index contributed by atoms with van der Waals surface area (Å²) in [4.78, 5) is 34.4. The van der Waals surface area contributed by atoms with Gasteiger partial charge in [-0.25, -0.2) is 4.98 Å². The number of amides is 2. The molecule has 0 unspecified atom stereocenters. The van der Waals surface area contributed by atoms with E-state index in [-0.39, 0.29) is 18.2 Å². The molecule has 1 atom stereocenters. The van der Waals surface area contributed by atoms with E-state index in [1.54, 1.807) is 37.3 Å². The van der Waals surface area contributed by atoms with Gasteiger partial charge in [-0.1, -0.05) is 0 Å². The Morgan fingerprint density at radius 2 is 2.03 bits per heavy atom. The third-order valence-corrected chi connectivity index (χ3v) is 4.96. The molecule has 0 aliphatic carbocycles. The van der Waals surface area contributed by atoms with Crippen LogP contribution in [0, 0.1) is 5.92 Å². The van der Waals surface area contributed by atoms with Crippen molar-refractivity contribution in [2.24, 2.45) is 5.92 Å². The molecule has 2 aromatic carbocycles. The van der Waals surface area contributed by atoms with E-state index >= 15 is 0 Å². The highest BCUT2D eigenvalue weighted by molar-refractivity contribution is 6.04. The van der Waals surface area contributed by atoms with E-state index in [4.69, 9.17) is 9.47 Å². The third kappa shape index (κ3) is 3.93. The second kappa shape index (κ2) is 7.92. The predicted molar refractivity (Wildman–Crippen MR) is 109 cm³/mol. The van der Waals surface area contributed by atoms with Crippen molar-refractivity contribution in [3.8, 4) is 5.75 Å². The maximum atomic E-state index is 12.7. The lowest BCUT2D eigenvalue weighted by atomic mass is 10.1. The molecule has 2 amide bonds. The molecule has 3 aromatic rings. The number of fused-ring (bicyclic) bond motifs is 1. The minimum Gasteiger partial charge on any atom is -0.497 e. The van der Waals surface area contributed by atoms with Crippen LogP contribution in [0.1, 0.15) is 12.2 Å². The Hall–Kier alpha value is -3.39. The average molecular weight is 394 g/mol. The van der Waals surface area contributed by atoms with Crippen LogP contribution in [0.5, 0.6) is 5.75 Å². The molecule has 1 aliphatic heterocycles. The summed E-state index contributed by atoms with van der Waals surface area (Å²) in [5, 5.41) is 2.91. The van der Waals surface area contributed by atoms with Gasteiger partial charge in [-0.2, -0.15) is 0 Å². The van der Waals surface area contributed by atoms with Gasteiger partial charge in [0.2, 0.25) is 11.8 Å². The van der Waals surface area contributed by atoms with Gasteiger partial charge < -0.3 is 24.7 Å². The lowest BCUT2D eigenvalue weighted by molar-refractivity contribution is -0.122. The molecule has 2 N–H and O–H groups in total. The number of aromatic amines is 1. The second-order valence-electron chi connectivity index (χ2n) is 6.94. The summed E-state index contributed by atoms with van der Waals surface area (Å²) in [5.41, 5.74) is 3.04. The number of nitrogens with zero attached hydrogens (tertiary/aromatic N) is 2. The lowest BCUT2D eigenvalue weighted by Crippen LogP contribution is -2.28. The molecule has 8 nitrogen and oxygen atoms in total. The zero-order valence-corrected chi connectivity index (χ0v) is 16.3. The van der Waals surface area contributed by atoms with Crippen LogP contribution in [0.3, 0.4) is 0 Å². The molecule has 0 radical (unpaired) electrons. The van der Waals surface area contributed by atoms with Gasteiger partial charge in [-0.15, -0.1) is 0 Å². The highest BCUT2D eigenvalue weighted by atomic mass is 16.5. The maximum Gasteiger partial charge on any atom is 0.229 e. The van der Waals surface area contributed by atoms with Gasteiger partial charge in [0.1, 0.15) is 18.2 Å². The molecule has 1 saturated heterocycles. The number of carbonyl (C=O) groups excluding carboxylic acids is 2. The molecule has 1 fully saturated rings. The van der Waals surface area contributed by atoms with E-state index in [1.165, 1.54) is 0 Å². The highest BCUT2D eigenvalue weighted by Gasteiger charge is 2.35. The van der Waals surface area contributed by atoms with Gasteiger partial charge in [0.05, 0.1) is 24.1 Å². The molecule has 0 spiro atoms. The Labute approximate surface area is 167 Å². The fourth-order valence-electron chi connectivity index (χ4n) is 3.48. The van der Waals surface area contributed by atoms with Crippen molar-refractivity contribution in [2.75, 3.05) is 31.0 Å². The Bertz CT molecular complexity index is 1040. The van der Waals surface area contributed by atoms with Crippen LogP contribution in [0.2, 0.25) is 0 Å². The number of anilines is 2. The second-order valence-corrected chi connectivity index (χ2v) is 6.94. The van der Waals surface area contributed by atoms with Crippen LogP contribution in [-0.4, -0.2) is 42.5 Å². The van der Waals surface area contributed by atoms with E-state index in [2.05, 4.69) is 15.3 Å². The predicted octanol–water partition coefficient (Wildman–Crippen LogP) is 2.71. The summed E-state index contributed by atoms with van der Waals surface area (Å²) in [7, 11) is 3.20. The Balaban J connectivity index is 1.44. The van der Waals surface area contributed by atoms with Crippen LogP contribution >= 0.6 is 0 Å². The fourth-order valence-corrected chi connectivity index (χ4v) is 3.48. The number of methoxy groups -OCH3 is 2. The zero-order valence-electron chi connectivity index (χ0n) is 16.3. The highest BCUT2D eigenvalue weighted by Crippen LogP contribution is 2.28. The first-order chi connectivity index (χ1) is 14.1. The van der Waals surface area contributed by atoms with Crippen LogP contribution in [0.15, 0.2) is 42.5 Å². The first kappa shape index (κ1) is 18.9. The van der Waals surface area contributed by atoms with Gasteiger partial charge in [0.15, 0.2) is 0 Å². The summed E-state index contributed by atoms with van der Waals surface area (Å²) in [6, 6.07) is 12.7. The van der Waals surface area contributed by atoms with Crippen molar-refractivity contribution < 1.29 is 19.1 Å². The van der Waals surface area contributed by atoms with Crippen molar-refractivity contribution in [3.05, 3.63) is 48.3 Å². The average Bonchev–Trinajstić information content (AvgIpc) is 3.31. The molecule has 29 heavy (non-hydrogen) atoms. The van der Waals surface area contributed by atoms with E-state index in [0.29, 0.717) is 18.8 Å². The van der Waals surface area contributed by atoms with E-state index in [9.17, 15) is 9.59 Å². The number of ether oxygens (including phenoxy) is 2. The van der Waals surface area contributed by atoms with E-state index < -0.39 is 5.92 Å². The normalized spacial score (nSPS) is 16.4. The van der Waals surface area contributed by atoms with Crippen LogP contribution in [0.25, 0.3) is 11.0 Å². The quantitative estimate of drug-likeness (QED) is 0.670. The summed E-state index contributed by atoms with van der Waals surface area (Å²) in [6.07, 6.45) is 0.183. The number of nitrogens with one attached hydrogen (secondary N) is 2. The van der Waals surface area contributed by atoms with Crippen molar-refractivity contribution in [1.82, 2.24) is 9.97 Å². The summed E-state index contributed by atoms with van der Waals surface area (Å²) in [5.74, 6) is 0.792. The van der Waals surface area contributed by atoms with Gasteiger partial charge in [-0.05, 0) is 42.5 Å². The number of benzene rings is 2. The zero-order chi connectivity index (χ0) is 20.4. The summed E-state index contributed by atoms with van der Waals surface area (Å²) >= 11 is 0. The van der Waals surface area contributed by atoms with E-state index in [1.807, 2.05) is 24.3 Å². The van der Waals surface area contributed by atoms with Gasteiger partial charge in [0, 0.05) is 31.5 Å². The number of carbonyl (C=O) groups is 2. The lowest BCUT2D eigenvalue weighted by Gasteiger charge is -2.17. The van der Waals surface area contributed by atoms with Crippen molar-refractivity contribution in [2.45, 2.75) is 13.0 Å². The molecule has 2 heterocycles. The smallest absolute Gasteiger partial charge is 0.229 e. The van der Waals surface area contributed by atoms with Gasteiger partial charge >= 0.3 is 0 Å². The minimum atomic E-state index is -0.411. The molecule has 1 aliphatic rings. The first-order valence-electron chi connectivity index (χ1n) is 9.30. The van der Waals surface area contributed by atoms with Gasteiger partial charge in [-0.3, -0.25) is 9.59 Å². The van der Waals surface area contributed by atoms with Crippen LogP contribution in [-0.2, 0) is 20.9 Å². The minimum absolute atomic E-state index is 0.0662. The molecule has 1 aromatic heterocycles. The third-order valence-electron chi connectivity index (χ3n) is 4.96. The van der Waals surface area contributed by atoms with Crippen molar-refractivity contribution in [3.63, 3.8) is 0 Å². The molecule has 4 rings (SSSR count). The Morgan fingerprint density at radius 3 is 2.76 bits per heavy atom. The molecule has 0 saturated carbocycles. The Kier molecular flexibility index (Phi) is 5.18. The molecular formula is C21H22N4O4. The monoisotopic (exact) mass is 394 g/mol. The van der Waals surface area contributed by atoms with Crippen molar-refractivity contribution >= 4 is 34.2 Å². The first-order valence-corrected chi connectivity index (χ1v) is 9.30. The molecular weight excluding hydrogens is 372 g/mol. The number of hydrogen-bond donors (Lipinski definition) is 2. The Morgan fingerprint density at radius 1 is 1.24 bits per heavy atom. The number of rotatable bonds is 6. The summed E-state index contributed by atoms with van der Waals surface area (Å²) in [6.45, 7) is 0.739. The largest absolute Gasteiger partial charge is 0.497 e. The van der Waals surface area contributed by atoms with Crippen LogP contribution in [0.4, 0.5) is 11.4 Å². The topological polar surface area (TPSA) is 96.5 Å². The molecule has 150 valence electrons. The molecule has 8 heteroatoms. The van der Waals surface area contributed by atoms with Gasteiger partial charge in [0.25, 0.3) is 0 Å². The number of aromatic nitrogens is 2.